The van der Waals surface area contributed by atoms with E-state index in [-0.39, 0.29) is 17.9 Å². The average molecular weight is 475 g/mol. The zero-order valence-electron chi connectivity index (χ0n) is 19.2. The second kappa shape index (κ2) is 13.0. The van der Waals surface area contributed by atoms with Crippen LogP contribution in [0.5, 0.6) is 0 Å². The number of thioether (sulfide) groups is 1. The lowest BCUT2D eigenvalue weighted by Crippen LogP contribution is -2.29. The summed E-state index contributed by atoms with van der Waals surface area (Å²) >= 11 is 3.03. The number of benzene rings is 1. The Morgan fingerprint density at radius 2 is 1.97 bits per heavy atom. The highest BCUT2D eigenvalue weighted by molar-refractivity contribution is 8.01. The van der Waals surface area contributed by atoms with E-state index in [1.54, 1.807) is 24.1 Å². The molecule has 1 saturated heterocycles. The first-order valence-corrected chi connectivity index (χ1v) is 13.6. The van der Waals surface area contributed by atoms with Crippen LogP contribution in [0.15, 0.2) is 34.0 Å². The number of carbonyl (C=O) groups excluding carboxylic acids is 2. The second-order valence-corrected chi connectivity index (χ2v) is 10.3. The summed E-state index contributed by atoms with van der Waals surface area (Å²) in [7, 11) is 0. The maximum absolute atomic E-state index is 12.5. The Kier molecular flexibility index (Phi) is 10.1. The molecule has 2 heterocycles. The summed E-state index contributed by atoms with van der Waals surface area (Å²) in [6.07, 6.45) is 9.12. The first kappa shape index (κ1) is 24.8. The Bertz CT molecular complexity index is 866. The number of aryl methyl sites for hydroxylation is 1. The lowest BCUT2D eigenvalue weighted by molar-refractivity contribution is -0.128. The summed E-state index contributed by atoms with van der Waals surface area (Å²) in [6.45, 7) is 5.06. The van der Waals surface area contributed by atoms with E-state index in [0.29, 0.717) is 25.3 Å². The van der Waals surface area contributed by atoms with Crippen LogP contribution in [0.2, 0.25) is 0 Å². The largest absolute Gasteiger partial charge is 0.461 e. The van der Waals surface area contributed by atoms with Gasteiger partial charge >= 0.3 is 5.97 Å². The van der Waals surface area contributed by atoms with Gasteiger partial charge in [0.1, 0.15) is 0 Å². The van der Waals surface area contributed by atoms with Crippen molar-refractivity contribution in [1.82, 2.24) is 9.88 Å². The van der Waals surface area contributed by atoms with Crippen LogP contribution in [0.3, 0.4) is 0 Å². The molecule has 1 aromatic heterocycles. The number of hydrogen-bond donors (Lipinski definition) is 0. The highest BCUT2D eigenvalue weighted by Gasteiger charge is 2.31. The van der Waals surface area contributed by atoms with E-state index in [0.717, 1.165) is 22.9 Å². The van der Waals surface area contributed by atoms with Gasteiger partial charge < -0.3 is 9.64 Å². The lowest BCUT2D eigenvalue weighted by atomic mass is 10.00. The summed E-state index contributed by atoms with van der Waals surface area (Å²) in [5.74, 6) is 0.602. The highest BCUT2D eigenvalue weighted by Crippen LogP contribution is 2.34. The van der Waals surface area contributed by atoms with Gasteiger partial charge in [-0.3, -0.25) is 4.79 Å². The monoisotopic (exact) mass is 474 g/mol. The molecule has 174 valence electrons. The Hall–Kier alpha value is -1.86. The van der Waals surface area contributed by atoms with Crippen LogP contribution in [0.25, 0.3) is 0 Å². The second-order valence-electron chi connectivity index (χ2n) is 8.11. The summed E-state index contributed by atoms with van der Waals surface area (Å²) in [5, 5.41) is 1.73. The topological polar surface area (TPSA) is 59.5 Å². The predicted octanol–water partition coefficient (Wildman–Crippen LogP) is 6.29. The molecule has 1 aromatic carbocycles. The number of amides is 1. The zero-order chi connectivity index (χ0) is 22.8. The molecular formula is C25H34N2O3S2. The number of unbranched alkanes of at least 4 members (excludes halogenated alkanes) is 4. The molecule has 1 atom stereocenters. The molecule has 0 radical (unpaired) electrons. The van der Waals surface area contributed by atoms with Crippen molar-refractivity contribution >= 4 is 35.0 Å². The molecule has 0 spiro atoms. The van der Waals surface area contributed by atoms with E-state index >= 15 is 0 Å². The number of likely N-dealkylation sites (tertiary alicyclic amines) is 1. The van der Waals surface area contributed by atoms with Crippen molar-refractivity contribution < 1.29 is 14.3 Å². The average Bonchev–Trinajstić information content (AvgIpc) is 3.42. The molecule has 1 aliphatic rings. The minimum Gasteiger partial charge on any atom is -0.461 e. The molecule has 1 unspecified atom stereocenters. The van der Waals surface area contributed by atoms with E-state index < -0.39 is 0 Å². The number of hydrogen-bond acceptors (Lipinski definition) is 6. The maximum Gasteiger partial charge on any atom is 0.357 e. The third-order valence-electron chi connectivity index (χ3n) is 5.79. The quantitative estimate of drug-likeness (QED) is 0.194. The van der Waals surface area contributed by atoms with E-state index in [1.807, 2.05) is 4.90 Å². The van der Waals surface area contributed by atoms with Crippen LogP contribution in [0.1, 0.15) is 86.5 Å². The van der Waals surface area contributed by atoms with Crippen molar-refractivity contribution in [2.75, 3.05) is 18.9 Å². The number of carbonyl (C=O) groups is 2. The molecule has 3 rings (SSSR count). The number of esters is 1. The molecule has 32 heavy (non-hydrogen) atoms. The van der Waals surface area contributed by atoms with Gasteiger partial charge in [0.2, 0.25) is 5.91 Å². The normalized spacial score (nSPS) is 16.0. The van der Waals surface area contributed by atoms with Crippen LogP contribution < -0.4 is 0 Å². The third-order valence-corrected chi connectivity index (χ3v) is 7.79. The van der Waals surface area contributed by atoms with Crippen LogP contribution in [-0.4, -0.2) is 40.7 Å². The number of ether oxygens (including phenoxy) is 1. The zero-order valence-corrected chi connectivity index (χ0v) is 20.8. The minimum atomic E-state index is -0.380. The summed E-state index contributed by atoms with van der Waals surface area (Å²) < 4.78 is 5.83. The minimum absolute atomic E-state index is 0.160. The maximum atomic E-state index is 12.5. The van der Waals surface area contributed by atoms with Gasteiger partial charge in [-0.2, -0.15) is 0 Å². The first-order chi connectivity index (χ1) is 15.6. The molecule has 0 N–H and O–H groups in total. The fourth-order valence-corrected chi connectivity index (χ4v) is 5.86. The summed E-state index contributed by atoms with van der Waals surface area (Å²) in [5.41, 5.74) is 2.98. The molecule has 7 heteroatoms. The number of nitrogens with zero attached hydrogens (tertiary/aromatic N) is 2. The van der Waals surface area contributed by atoms with Crippen molar-refractivity contribution in [2.24, 2.45) is 0 Å². The number of rotatable bonds is 13. The molecule has 1 amide bonds. The molecule has 0 saturated carbocycles. The molecule has 1 aliphatic heterocycles. The lowest BCUT2D eigenvalue weighted by Gasteiger charge is -2.25. The van der Waals surface area contributed by atoms with Crippen LogP contribution in [0.4, 0.5) is 0 Å². The molecule has 5 nitrogen and oxygen atoms in total. The SMILES string of the molecule is CCCCCCCc1ccc(C2CCC(=O)N2CCSc2nc(C(=O)OCC)cs2)cc1. The van der Waals surface area contributed by atoms with Gasteiger partial charge in [-0.1, -0.05) is 68.6 Å². The Balaban J connectivity index is 1.49. The van der Waals surface area contributed by atoms with Crippen LogP contribution in [0, 0.1) is 0 Å². The Morgan fingerprint density at radius 1 is 1.19 bits per heavy atom. The van der Waals surface area contributed by atoms with Gasteiger partial charge in [0.15, 0.2) is 10.0 Å². The van der Waals surface area contributed by atoms with Gasteiger partial charge in [0.05, 0.1) is 12.6 Å². The predicted molar refractivity (Wildman–Crippen MR) is 131 cm³/mol. The Morgan fingerprint density at radius 3 is 2.72 bits per heavy atom. The summed E-state index contributed by atoms with van der Waals surface area (Å²) in [6, 6.07) is 9.04. The summed E-state index contributed by atoms with van der Waals surface area (Å²) in [4.78, 5) is 30.6. The highest BCUT2D eigenvalue weighted by atomic mass is 32.2. The van der Waals surface area contributed by atoms with Crippen LogP contribution in [-0.2, 0) is 16.0 Å². The van der Waals surface area contributed by atoms with E-state index in [9.17, 15) is 9.59 Å². The van der Waals surface area contributed by atoms with Crippen molar-refractivity contribution in [2.45, 2.75) is 75.6 Å². The van der Waals surface area contributed by atoms with Gasteiger partial charge in [-0.25, -0.2) is 9.78 Å². The molecule has 0 aliphatic carbocycles. The van der Waals surface area contributed by atoms with Crippen molar-refractivity contribution in [3.8, 4) is 0 Å². The fraction of sp³-hybridized carbons (Fsp3) is 0.560. The molecule has 2 aromatic rings. The van der Waals surface area contributed by atoms with Gasteiger partial charge in [-0.15, -0.1) is 11.3 Å². The van der Waals surface area contributed by atoms with Gasteiger partial charge in [-0.05, 0) is 37.3 Å². The Labute approximate surface area is 200 Å². The molecular weight excluding hydrogens is 440 g/mol. The third kappa shape index (κ3) is 7.07. The van der Waals surface area contributed by atoms with Crippen molar-refractivity contribution in [1.29, 1.82) is 0 Å². The van der Waals surface area contributed by atoms with Crippen molar-refractivity contribution in [3.63, 3.8) is 0 Å². The van der Waals surface area contributed by atoms with E-state index in [4.69, 9.17) is 4.74 Å². The smallest absolute Gasteiger partial charge is 0.357 e. The van der Waals surface area contributed by atoms with Crippen molar-refractivity contribution in [3.05, 3.63) is 46.5 Å². The van der Waals surface area contributed by atoms with Gasteiger partial charge in [0.25, 0.3) is 0 Å². The standard InChI is InChI=1S/C25H34N2O3S2/c1-3-5-6-7-8-9-19-10-12-20(13-11-19)22-14-15-23(28)27(22)16-17-31-25-26-21(18-32-25)24(29)30-4-2/h10-13,18,22H,3-9,14-17H2,1-2H3. The molecule has 1 fully saturated rings. The first-order valence-electron chi connectivity index (χ1n) is 11.8. The van der Waals surface area contributed by atoms with Gasteiger partial charge in [0, 0.05) is 24.1 Å². The number of aromatic nitrogens is 1. The molecule has 0 bridgehead atoms. The fourth-order valence-electron chi connectivity index (χ4n) is 4.05. The van der Waals surface area contributed by atoms with Crippen LogP contribution >= 0.6 is 23.1 Å². The van der Waals surface area contributed by atoms with E-state index in [1.165, 1.54) is 54.6 Å². The number of thiazole rings is 1. The van der Waals surface area contributed by atoms with E-state index in [2.05, 4.69) is 36.2 Å².